The van der Waals surface area contributed by atoms with Crippen molar-refractivity contribution in [2.75, 3.05) is 0 Å². The van der Waals surface area contributed by atoms with Crippen molar-refractivity contribution in [2.45, 2.75) is 52.1 Å². The third-order valence-electron chi connectivity index (χ3n) is 5.65. The third-order valence-corrected chi connectivity index (χ3v) is 5.65. The maximum atomic E-state index is 10.9. The Morgan fingerprint density at radius 3 is 2.46 bits per heavy atom. The van der Waals surface area contributed by atoms with Crippen LogP contribution in [0.4, 0.5) is 0 Å². The molecule has 3 heteroatoms. The Morgan fingerprint density at radius 1 is 1.08 bits per heavy atom. The molecule has 0 aromatic heterocycles. The van der Waals surface area contributed by atoms with E-state index in [1.54, 1.807) is 12.1 Å². The number of hydrogen-bond donors (Lipinski definition) is 2. The van der Waals surface area contributed by atoms with Crippen LogP contribution < -0.4 is 4.74 Å². The number of benzene rings is 2. The van der Waals surface area contributed by atoms with Crippen LogP contribution in [0, 0.1) is 5.92 Å². The number of ether oxygens (including phenoxy) is 1. The van der Waals surface area contributed by atoms with Crippen LogP contribution in [-0.2, 0) is 5.41 Å². The number of rotatable bonds is 1. The van der Waals surface area contributed by atoms with Crippen LogP contribution in [0.25, 0.3) is 10.8 Å². The molecule has 3 rings (SSSR count). The number of hydrogen-bond acceptors (Lipinski definition) is 3. The molecule has 2 aromatic carbocycles. The van der Waals surface area contributed by atoms with Gasteiger partial charge in [0.1, 0.15) is 17.1 Å². The Balaban J connectivity index is 2.36. The smallest absolute Gasteiger partial charge is 0.125 e. The summed E-state index contributed by atoms with van der Waals surface area (Å²) in [6.45, 7) is 10.3. The van der Waals surface area contributed by atoms with Gasteiger partial charge < -0.3 is 14.9 Å². The van der Waals surface area contributed by atoms with Crippen molar-refractivity contribution in [1.82, 2.24) is 0 Å². The molecule has 0 saturated heterocycles. The van der Waals surface area contributed by atoms with Crippen molar-refractivity contribution >= 4 is 10.8 Å². The highest BCUT2D eigenvalue weighted by atomic mass is 16.5. The highest BCUT2D eigenvalue weighted by Gasteiger charge is 2.39. The van der Waals surface area contributed by atoms with Crippen LogP contribution in [0.15, 0.2) is 42.2 Å². The minimum Gasteiger partial charge on any atom is -0.512 e. The molecule has 1 aliphatic rings. The van der Waals surface area contributed by atoms with Crippen LogP contribution in [0.2, 0.25) is 0 Å². The molecule has 0 fully saturated rings. The molecule has 0 spiro atoms. The number of aliphatic hydroxyl groups is 1. The predicted octanol–water partition coefficient (Wildman–Crippen LogP) is 5.46. The fraction of sp³-hybridized carbons (Fsp3) is 0.429. The van der Waals surface area contributed by atoms with E-state index in [0.29, 0.717) is 5.76 Å². The molecule has 1 heterocycles. The van der Waals surface area contributed by atoms with Gasteiger partial charge in [-0.15, -0.1) is 0 Å². The van der Waals surface area contributed by atoms with Gasteiger partial charge in [-0.05, 0) is 62.2 Å². The maximum Gasteiger partial charge on any atom is 0.125 e. The third kappa shape index (κ3) is 2.43. The second kappa shape index (κ2) is 5.44. The number of phenols is 1. The number of aromatic hydroxyl groups is 1. The van der Waals surface area contributed by atoms with Gasteiger partial charge in [0, 0.05) is 11.5 Å². The van der Waals surface area contributed by atoms with Crippen LogP contribution >= 0.6 is 0 Å². The van der Waals surface area contributed by atoms with Gasteiger partial charge in [-0.2, -0.15) is 0 Å². The summed E-state index contributed by atoms with van der Waals surface area (Å²) in [7, 11) is 0. The first-order chi connectivity index (χ1) is 11.2. The van der Waals surface area contributed by atoms with E-state index in [4.69, 9.17) is 4.74 Å². The molecule has 0 radical (unpaired) electrons. The second-order valence-corrected chi connectivity index (χ2v) is 7.58. The van der Waals surface area contributed by atoms with Gasteiger partial charge >= 0.3 is 0 Å². The van der Waals surface area contributed by atoms with Crippen molar-refractivity contribution in [3.8, 4) is 11.5 Å². The van der Waals surface area contributed by atoms with Crippen molar-refractivity contribution < 1.29 is 14.9 Å². The summed E-state index contributed by atoms with van der Waals surface area (Å²) in [6.07, 6.45) is 2.76. The minimum absolute atomic E-state index is 0.0884. The zero-order chi connectivity index (χ0) is 17.7. The molecule has 2 atom stereocenters. The molecule has 0 saturated carbocycles. The summed E-state index contributed by atoms with van der Waals surface area (Å²) >= 11 is 0. The fourth-order valence-corrected chi connectivity index (χ4v) is 3.51. The summed E-state index contributed by atoms with van der Waals surface area (Å²) in [5, 5.41) is 22.6. The lowest BCUT2D eigenvalue weighted by Gasteiger charge is -2.40. The first kappa shape index (κ1) is 16.7. The molecule has 0 aliphatic carbocycles. The van der Waals surface area contributed by atoms with E-state index in [1.807, 2.05) is 38.1 Å². The molecular formula is C21H26O3. The quantitative estimate of drug-likeness (QED) is 0.731. The molecule has 3 nitrogen and oxygen atoms in total. The SMILES string of the molecule is CCC1(C)Oc2ccc3cc(O)ccc3c2C(C)(C)C(O)=C[C@H]1C. The Labute approximate surface area is 143 Å². The molecule has 0 amide bonds. The van der Waals surface area contributed by atoms with Crippen molar-refractivity contribution in [1.29, 1.82) is 0 Å². The molecule has 2 N–H and O–H groups in total. The zero-order valence-electron chi connectivity index (χ0n) is 15.1. The molecule has 128 valence electrons. The van der Waals surface area contributed by atoms with Crippen molar-refractivity contribution in [3.05, 3.63) is 47.7 Å². The number of fused-ring (bicyclic) bond motifs is 3. The Bertz CT molecular complexity index is 819. The molecule has 24 heavy (non-hydrogen) atoms. The minimum atomic E-state index is -0.574. The summed E-state index contributed by atoms with van der Waals surface area (Å²) in [5.74, 6) is 1.48. The van der Waals surface area contributed by atoms with E-state index in [9.17, 15) is 10.2 Å². The Hall–Kier alpha value is -2.16. The van der Waals surface area contributed by atoms with E-state index in [-0.39, 0.29) is 17.3 Å². The van der Waals surface area contributed by atoms with Gasteiger partial charge in [0.25, 0.3) is 0 Å². The van der Waals surface area contributed by atoms with E-state index >= 15 is 0 Å². The monoisotopic (exact) mass is 326 g/mol. The summed E-state index contributed by atoms with van der Waals surface area (Å²) in [6, 6.07) is 9.24. The van der Waals surface area contributed by atoms with Crippen molar-refractivity contribution in [3.63, 3.8) is 0 Å². The second-order valence-electron chi connectivity index (χ2n) is 7.58. The van der Waals surface area contributed by atoms with Gasteiger partial charge in [-0.25, -0.2) is 0 Å². The van der Waals surface area contributed by atoms with Crippen LogP contribution in [0.5, 0.6) is 11.5 Å². The summed E-state index contributed by atoms with van der Waals surface area (Å²) < 4.78 is 6.49. The van der Waals surface area contributed by atoms with E-state index < -0.39 is 5.41 Å². The predicted molar refractivity (Wildman–Crippen MR) is 97.8 cm³/mol. The zero-order valence-corrected chi connectivity index (χ0v) is 15.1. The standard InChI is InChI=1S/C21H26O3/c1-6-21(5)13(2)11-18(23)20(3,4)19-16-9-8-15(22)12-14(16)7-10-17(19)24-21/h7-13,22-23H,6H2,1-5H3/t13-,21?/m1/s1. The van der Waals surface area contributed by atoms with Crippen LogP contribution in [0.1, 0.15) is 46.6 Å². The van der Waals surface area contributed by atoms with Crippen LogP contribution in [0.3, 0.4) is 0 Å². The number of phenolic OH excluding ortho intramolecular Hbond substituents is 1. The van der Waals surface area contributed by atoms with Gasteiger partial charge in [-0.1, -0.05) is 26.0 Å². The highest BCUT2D eigenvalue weighted by molar-refractivity contribution is 5.90. The lowest BCUT2D eigenvalue weighted by Crippen LogP contribution is -2.41. The number of aliphatic hydroxyl groups excluding tert-OH is 1. The average Bonchev–Trinajstić information content (AvgIpc) is 2.53. The molecular weight excluding hydrogens is 300 g/mol. The Kier molecular flexibility index (Phi) is 3.78. The largest absolute Gasteiger partial charge is 0.512 e. The Morgan fingerprint density at radius 2 is 1.79 bits per heavy atom. The lowest BCUT2D eigenvalue weighted by atomic mass is 9.75. The first-order valence-electron chi connectivity index (χ1n) is 8.55. The molecule has 0 bridgehead atoms. The fourth-order valence-electron chi connectivity index (χ4n) is 3.51. The van der Waals surface area contributed by atoms with Gasteiger partial charge in [0.05, 0.1) is 11.2 Å². The van der Waals surface area contributed by atoms with E-state index in [0.717, 1.165) is 28.5 Å². The topological polar surface area (TPSA) is 49.7 Å². The van der Waals surface area contributed by atoms with Gasteiger partial charge in [0.15, 0.2) is 0 Å². The first-order valence-corrected chi connectivity index (χ1v) is 8.55. The van der Waals surface area contributed by atoms with Gasteiger partial charge in [0.2, 0.25) is 0 Å². The highest BCUT2D eigenvalue weighted by Crippen LogP contribution is 2.46. The molecule has 2 aromatic rings. The lowest BCUT2D eigenvalue weighted by molar-refractivity contribution is 0.0412. The van der Waals surface area contributed by atoms with Gasteiger partial charge in [-0.3, -0.25) is 0 Å². The number of allylic oxidation sites excluding steroid dienone is 1. The summed E-state index contributed by atoms with van der Waals surface area (Å²) in [5.41, 5.74) is -0.000718. The van der Waals surface area contributed by atoms with E-state index in [1.165, 1.54) is 0 Å². The van der Waals surface area contributed by atoms with E-state index in [2.05, 4.69) is 20.8 Å². The average molecular weight is 326 g/mol. The van der Waals surface area contributed by atoms with Crippen LogP contribution in [-0.4, -0.2) is 15.8 Å². The van der Waals surface area contributed by atoms with Crippen molar-refractivity contribution in [2.24, 2.45) is 5.92 Å². The normalized spacial score (nSPS) is 26.0. The summed E-state index contributed by atoms with van der Waals surface area (Å²) in [4.78, 5) is 0. The molecule has 1 unspecified atom stereocenters. The molecule has 1 aliphatic heterocycles. The maximum absolute atomic E-state index is 10.9.